The number of amides is 2. The van der Waals surface area contributed by atoms with E-state index < -0.39 is 0 Å². The van der Waals surface area contributed by atoms with E-state index in [9.17, 15) is 4.79 Å². The third-order valence-electron chi connectivity index (χ3n) is 3.73. The third-order valence-corrected chi connectivity index (χ3v) is 4.66. The van der Waals surface area contributed by atoms with Crippen LogP contribution < -0.4 is 10.2 Å². The van der Waals surface area contributed by atoms with Crippen molar-refractivity contribution in [3.8, 4) is 0 Å². The van der Waals surface area contributed by atoms with Crippen LogP contribution in [-0.2, 0) is 13.6 Å². The number of nitrogens with one attached hydrogen (secondary N) is 1. The Bertz CT molecular complexity index is 586. The summed E-state index contributed by atoms with van der Waals surface area (Å²) < 4.78 is 1.77. The largest absolute Gasteiger partial charge is 0.360 e. The molecule has 0 atom stereocenters. The first-order valence-corrected chi connectivity index (χ1v) is 7.90. The molecule has 2 aromatic heterocycles. The quantitative estimate of drug-likeness (QED) is 0.935. The average Bonchev–Trinajstić information content (AvgIpc) is 3.17. The van der Waals surface area contributed by atoms with Crippen molar-refractivity contribution >= 4 is 22.4 Å². The molecule has 2 aromatic rings. The highest BCUT2D eigenvalue weighted by molar-refractivity contribution is 7.14. The number of aromatic nitrogens is 2. The lowest BCUT2D eigenvalue weighted by Crippen LogP contribution is -2.51. The van der Waals surface area contributed by atoms with Gasteiger partial charge in [-0.3, -0.25) is 4.68 Å². The summed E-state index contributed by atoms with van der Waals surface area (Å²) in [6, 6.07) is 6.10. The summed E-state index contributed by atoms with van der Waals surface area (Å²) in [5.41, 5.74) is 1.00. The van der Waals surface area contributed by atoms with Crippen molar-refractivity contribution in [1.82, 2.24) is 20.0 Å². The van der Waals surface area contributed by atoms with Crippen molar-refractivity contribution in [3.63, 3.8) is 0 Å². The summed E-state index contributed by atoms with van der Waals surface area (Å²) in [6.45, 7) is 3.81. The number of anilines is 1. The van der Waals surface area contributed by atoms with Gasteiger partial charge in [0.15, 0.2) is 0 Å². The summed E-state index contributed by atoms with van der Waals surface area (Å²) in [5.74, 6) is 0. The van der Waals surface area contributed by atoms with Gasteiger partial charge < -0.3 is 15.1 Å². The average molecular weight is 305 g/mol. The fourth-order valence-corrected chi connectivity index (χ4v) is 3.22. The van der Waals surface area contributed by atoms with E-state index >= 15 is 0 Å². The molecule has 7 heteroatoms. The monoisotopic (exact) mass is 305 g/mol. The molecule has 112 valence electrons. The molecule has 3 heterocycles. The second kappa shape index (κ2) is 6.17. The third kappa shape index (κ3) is 3.18. The summed E-state index contributed by atoms with van der Waals surface area (Å²) >= 11 is 1.75. The second-order valence-corrected chi connectivity index (χ2v) is 5.96. The molecule has 0 spiro atoms. The molecule has 21 heavy (non-hydrogen) atoms. The molecule has 0 unspecified atom stereocenters. The SMILES string of the molecule is Cn1nccc1CNC(=O)N1CCN(c2cccs2)CC1. The predicted molar refractivity (Wildman–Crippen MR) is 83.5 cm³/mol. The number of thiophene rings is 1. The molecule has 0 aliphatic carbocycles. The Morgan fingerprint density at radius 3 is 2.76 bits per heavy atom. The van der Waals surface area contributed by atoms with Crippen molar-refractivity contribution in [2.45, 2.75) is 6.54 Å². The molecule has 1 fully saturated rings. The van der Waals surface area contributed by atoms with E-state index in [4.69, 9.17) is 0 Å². The van der Waals surface area contributed by atoms with Gasteiger partial charge in [0, 0.05) is 39.4 Å². The minimum atomic E-state index is 0.00188. The number of rotatable bonds is 3. The first-order valence-electron chi connectivity index (χ1n) is 7.02. The van der Waals surface area contributed by atoms with E-state index in [1.54, 1.807) is 22.2 Å². The highest BCUT2D eigenvalue weighted by Gasteiger charge is 2.21. The predicted octanol–water partition coefficient (Wildman–Crippen LogP) is 1.51. The standard InChI is InChI=1S/C14H19N5OS/c1-17-12(4-5-16-17)11-15-14(20)19-8-6-18(7-9-19)13-3-2-10-21-13/h2-5,10H,6-9,11H2,1H3,(H,15,20). The van der Waals surface area contributed by atoms with Gasteiger partial charge in [0.05, 0.1) is 17.2 Å². The number of hydrogen-bond acceptors (Lipinski definition) is 4. The Morgan fingerprint density at radius 1 is 1.33 bits per heavy atom. The molecule has 0 radical (unpaired) electrons. The minimum absolute atomic E-state index is 0.00188. The topological polar surface area (TPSA) is 53.4 Å². The fourth-order valence-electron chi connectivity index (χ4n) is 2.43. The van der Waals surface area contributed by atoms with Crippen LogP contribution in [0.3, 0.4) is 0 Å². The zero-order valence-electron chi connectivity index (χ0n) is 12.0. The maximum Gasteiger partial charge on any atom is 0.317 e. The van der Waals surface area contributed by atoms with E-state index in [2.05, 4.69) is 32.8 Å². The van der Waals surface area contributed by atoms with Gasteiger partial charge in [-0.15, -0.1) is 11.3 Å². The van der Waals surface area contributed by atoms with Gasteiger partial charge in [0.1, 0.15) is 0 Å². The highest BCUT2D eigenvalue weighted by Crippen LogP contribution is 2.22. The second-order valence-electron chi connectivity index (χ2n) is 5.03. The van der Waals surface area contributed by atoms with Gasteiger partial charge in [0.25, 0.3) is 0 Å². The van der Waals surface area contributed by atoms with Gasteiger partial charge in [0.2, 0.25) is 0 Å². The van der Waals surface area contributed by atoms with Crippen molar-refractivity contribution in [1.29, 1.82) is 0 Å². The number of aryl methyl sites for hydroxylation is 1. The van der Waals surface area contributed by atoms with E-state index in [1.165, 1.54) is 5.00 Å². The van der Waals surface area contributed by atoms with Crippen LogP contribution in [0.2, 0.25) is 0 Å². The van der Waals surface area contributed by atoms with Gasteiger partial charge in [-0.1, -0.05) is 0 Å². The summed E-state index contributed by atoms with van der Waals surface area (Å²) in [4.78, 5) is 16.4. The van der Waals surface area contributed by atoms with Crippen molar-refractivity contribution in [2.75, 3.05) is 31.1 Å². The lowest BCUT2D eigenvalue weighted by Gasteiger charge is -2.35. The van der Waals surface area contributed by atoms with Crippen molar-refractivity contribution < 1.29 is 4.79 Å². The lowest BCUT2D eigenvalue weighted by atomic mass is 10.3. The van der Waals surface area contributed by atoms with E-state index in [1.807, 2.05) is 18.0 Å². The number of nitrogens with zero attached hydrogens (tertiary/aromatic N) is 4. The number of carbonyl (C=O) groups is 1. The van der Waals surface area contributed by atoms with Crippen LogP contribution in [-0.4, -0.2) is 46.9 Å². The van der Waals surface area contributed by atoms with Crippen LogP contribution in [0.4, 0.5) is 9.80 Å². The molecular formula is C14H19N5OS. The number of urea groups is 1. The van der Waals surface area contributed by atoms with Gasteiger partial charge in [-0.05, 0) is 23.6 Å². The summed E-state index contributed by atoms with van der Waals surface area (Å²) in [6.07, 6.45) is 1.74. The van der Waals surface area contributed by atoms with Crippen LogP contribution >= 0.6 is 11.3 Å². The smallest absolute Gasteiger partial charge is 0.317 e. The lowest BCUT2D eigenvalue weighted by molar-refractivity contribution is 0.193. The molecule has 0 bridgehead atoms. The summed E-state index contributed by atoms with van der Waals surface area (Å²) in [7, 11) is 1.88. The first kappa shape index (κ1) is 13.9. The molecule has 3 rings (SSSR count). The fraction of sp³-hybridized carbons (Fsp3) is 0.429. The normalized spacial score (nSPS) is 15.3. The zero-order chi connectivity index (χ0) is 14.7. The Kier molecular flexibility index (Phi) is 4.10. The summed E-state index contributed by atoms with van der Waals surface area (Å²) in [5, 5.41) is 10.4. The Balaban J connectivity index is 1.48. The Morgan fingerprint density at radius 2 is 2.14 bits per heavy atom. The van der Waals surface area contributed by atoms with E-state index in [-0.39, 0.29) is 6.03 Å². The van der Waals surface area contributed by atoms with Crippen LogP contribution in [0, 0.1) is 0 Å². The zero-order valence-corrected chi connectivity index (χ0v) is 12.8. The van der Waals surface area contributed by atoms with Crippen LogP contribution in [0.25, 0.3) is 0 Å². The van der Waals surface area contributed by atoms with Crippen molar-refractivity contribution in [3.05, 3.63) is 35.5 Å². The molecule has 0 saturated carbocycles. The molecule has 1 N–H and O–H groups in total. The van der Waals surface area contributed by atoms with E-state index in [0.29, 0.717) is 6.54 Å². The molecule has 1 aliphatic heterocycles. The van der Waals surface area contributed by atoms with Crippen LogP contribution in [0.1, 0.15) is 5.69 Å². The first-order chi connectivity index (χ1) is 10.2. The number of piperazine rings is 1. The molecular weight excluding hydrogens is 286 g/mol. The number of hydrogen-bond donors (Lipinski definition) is 1. The van der Waals surface area contributed by atoms with Gasteiger partial charge in [-0.2, -0.15) is 5.10 Å². The molecule has 1 saturated heterocycles. The molecule has 6 nitrogen and oxygen atoms in total. The highest BCUT2D eigenvalue weighted by atomic mass is 32.1. The van der Waals surface area contributed by atoms with Crippen LogP contribution in [0.15, 0.2) is 29.8 Å². The van der Waals surface area contributed by atoms with E-state index in [0.717, 1.165) is 31.9 Å². The Labute approximate surface area is 128 Å². The minimum Gasteiger partial charge on any atom is -0.360 e. The van der Waals surface area contributed by atoms with Gasteiger partial charge >= 0.3 is 6.03 Å². The van der Waals surface area contributed by atoms with Crippen molar-refractivity contribution in [2.24, 2.45) is 7.05 Å². The molecule has 0 aromatic carbocycles. The maximum atomic E-state index is 12.2. The molecule has 2 amide bonds. The molecule has 1 aliphatic rings. The Hall–Kier alpha value is -2.02. The number of carbonyl (C=O) groups excluding carboxylic acids is 1. The van der Waals surface area contributed by atoms with Gasteiger partial charge in [-0.25, -0.2) is 4.79 Å². The maximum absolute atomic E-state index is 12.2. The van der Waals surface area contributed by atoms with Crippen LogP contribution in [0.5, 0.6) is 0 Å².